The number of aliphatic hydroxyl groups is 1. The summed E-state index contributed by atoms with van der Waals surface area (Å²) in [6.45, 7) is 14.0. The van der Waals surface area contributed by atoms with Crippen LogP contribution in [0.25, 0.3) is 0 Å². The normalized spacial score (nSPS) is 22.6. The highest BCUT2D eigenvalue weighted by Crippen LogP contribution is 2.43. The van der Waals surface area contributed by atoms with Crippen molar-refractivity contribution in [2.45, 2.75) is 137 Å². The molecule has 0 aromatic rings. The molecule has 0 spiro atoms. The van der Waals surface area contributed by atoms with E-state index in [4.69, 9.17) is 14.7 Å². The van der Waals surface area contributed by atoms with E-state index < -0.39 is 5.79 Å². The van der Waals surface area contributed by atoms with Gasteiger partial charge >= 0.3 is 6.09 Å². The van der Waals surface area contributed by atoms with Gasteiger partial charge in [0.15, 0.2) is 0 Å². The first-order chi connectivity index (χ1) is 19.4. The quantitative estimate of drug-likeness (QED) is 0.0715. The van der Waals surface area contributed by atoms with Crippen LogP contribution in [0, 0.1) is 17.8 Å². The summed E-state index contributed by atoms with van der Waals surface area (Å²) in [5.41, 5.74) is 1.29. The molecule has 2 rings (SSSR count). The molecule has 0 radical (unpaired) electrons. The van der Waals surface area contributed by atoms with Crippen molar-refractivity contribution in [2.75, 3.05) is 32.1 Å². The van der Waals surface area contributed by atoms with E-state index in [-0.39, 0.29) is 21.5 Å². The lowest BCUT2D eigenvalue weighted by molar-refractivity contribution is -0.387. The Hall–Kier alpha value is -0.960. The van der Waals surface area contributed by atoms with Gasteiger partial charge in [-0.15, -0.1) is 0 Å². The zero-order valence-electron chi connectivity index (χ0n) is 26.7. The lowest BCUT2D eigenvalue weighted by Crippen LogP contribution is -2.31. The maximum Gasteiger partial charge on any atom is 0.409 e. The van der Waals surface area contributed by atoms with Gasteiger partial charge in [0, 0.05) is 35.9 Å². The third kappa shape index (κ3) is 15.9. The second-order valence-electron chi connectivity index (χ2n) is 11.1. The van der Waals surface area contributed by atoms with Crippen LogP contribution in [0.4, 0.5) is 4.79 Å². The number of thiol groups is 1. The Bertz CT molecular complexity index is 656. The number of ether oxygens (including phenoxy) is 2. The molecule has 1 amide bonds. The third-order valence-electron chi connectivity index (χ3n) is 8.08. The largest absolute Gasteiger partial charge is 0.468 e. The first kappa shape index (κ1) is 39.0. The minimum atomic E-state index is -0.919. The molecule has 0 aromatic carbocycles. The van der Waals surface area contributed by atoms with E-state index in [9.17, 15) is 9.90 Å². The van der Waals surface area contributed by atoms with E-state index in [0.717, 1.165) is 38.1 Å². The molecule has 2 aliphatic rings. The molecular weight excluding hydrogens is 526 g/mol. The van der Waals surface area contributed by atoms with Crippen LogP contribution in [0.1, 0.15) is 134 Å². The van der Waals surface area contributed by atoms with Crippen LogP contribution in [0.5, 0.6) is 0 Å². The zero-order chi connectivity index (χ0) is 30.2. The van der Waals surface area contributed by atoms with Crippen LogP contribution < -0.4 is 0 Å². The molecule has 8 heteroatoms. The van der Waals surface area contributed by atoms with Crippen molar-refractivity contribution in [1.82, 2.24) is 4.90 Å². The third-order valence-corrected chi connectivity index (χ3v) is 8.39. The summed E-state index contributed by atoms with van der Waals surface area (Å²) in [6, 6.07) is 0. The molecule has 1 aliphatic heterocycles. The summed E-state index contributed by atoms with van der Waals surface area (Å²) in [4.78, 5) is 17.7. The molecule has 2 unspecified atom stereocenters. The Kier molecular flexibility index (Phi) is 24.0. The molecule has 1 heterocycles. The highest BCUT2D eigenvalue weighted by atomic mass is 32.1. The molecule has 0 bridgehead atoms. The highest BCUT2D eigenvalue weighted by molar-refractivity contribution is 7.80. The van der Waals surface area contributed by atoms with Crippen molar-refractivity contribution < 1.29 is 32.4 Å². The van der Waals surface area contributed by atoms with Crippen molar-refractivity contribution in [3.63, 3.8) is 0 Å². The van der Waals surface area contributed by atoms with Gasteiger partial charge in [-0.3, -0.25) is 0 Å². The summed E-state index contributed by atoms with van der Waals surface area (Å²) in [6.07, 6.45) is 18.1. The van der Waals surface area contributed by atoms with E-state index in [1.807, 2.05) is 27.7 Å². The van der Waals surface area contributed by atoms with Gasteiger partial charge in [0.05, 0.1) is 12.9 Å². The number of carbonyl (C=O) groups is 1. The van der Waals surface area contributed by atoms with Crippen LogP contribution >= 0.6 is 12.6 Å². The Labute approximate surface area is 254 Å². The van der Waals surface area contributed by atoms with Crippen molar-refractivity contribution in [2.24, 2.45) is 17.8 Å². The average Bonchev–Trinajstić information content (AvgIpc) is 3.16. The lowest BCUT2D eigenvalue weighted by Gasteiger charge is -2.34. The zero-order valence-corrected chi connectivity index (χ0v) is 27.6. The molecular formula is C32H67NO6S. The van der Waals surface area contributed by atoms with Crippen molar-refractivity contribution >= 4 is 18.7 Å². The number of rotatable bonds is 16. The fourth-order valence-electron chi connectivity index (χ4n) is 5.39. The molecule has 1 aliphatic carbocycles. The number of carbonyl (C=O) groups excluding carboxylic acids is 1. The van der Waals surface area contributed by atoms with Crippen molar-refractivity contribution in [3.8, 4) is 0 Å². The number of allylic oxidation sites excluding steroid dienone is 1. The summed E-state index contributed by atoms with van der Waals surface area (Å²) >= 11 is 4.21. The minimum Gasteiger partial charge on any atom is -0.468 e. The molecule has 1 saturated carbocycles. The molecule has 0 saturated heterocycles. The predicted octanol–water partition coefficient (Wildman–Crippen LogP) is 9.35. The van der Waals surface area contributed by atoms with E-state index in [1.165, 1.54) is 69.8 Å². The number of fused-ring (bicyclic) bond motifs is 1. The standard InChI is InChI=1S/C16H33NO2S.C14H24O4.C2H6.2H2/c1-3-17(4-2)16(18)19-14-12-10-8-6-5-7-9-11-13-15-20;1-10(8-15)12-5-3-4-11-6-7-14(2,18-16)17-9-13(11)12;1-2;;/h20H,3-15H2,1-2H3;9-12,15-16H,3-8H2,1-2H3;1-2H3;2*1H/t;10-,11?,12?,14-;;;/m.0.../s1. The van der Waals surface area contributed by atoms with E-state index >= 15 is 0 Å². The lowest BCUT2D eigenvalue weighted by atomic mass is 9.71. The van der Waals surface area contributed by atoms with Crippen molar-refractivity contribution in [3.05, 3.63) is 11.8 Å². The minimum absolute atomic E-state index is 0. The topological polar surface area (TPSA) is 88.5 Å². The molecule has 0 aromatic heterocycles. The SMILES string of the molecule is CC.CCN(CC)C(=O)OCCCCCCCCCCCS.C[C@@H](CO)C1CCCC2CC[C@](C)(OO)OC=C21.[HH].[HH]. The second-order valence-corrected chi connectivity index (χ2v) is 11.5. The second kappa shape index (κ2) is 24.6. The van der Waals surface area contributed by atoms with Gasteiger partial charge in [0.25, 0.3) is 0 Å². The first-order valence-corrected chi connectivity index (χ1v) is 16.8. The van der Waals surface area contributed by atoms with Crippen molar-refractivity contribution in [1.29, 1.82) is 0 Å². The smallest absolute Gasteiger partial charge is 0.409 e. The van der Waals surface area contributed by atoms with Gasteiger partial charge in [-0.25, -0.2) is 10.1 Å². The van der Waals surface area contributed by atoms with E-state index in [2.05, 4.69) is 24.4 Å². The Morgan fingerprint density at radius 3 is 2.17 bits per heavy atom. The molecule has 2 N–H and O–H groups in total. The van der Waals surface area contributed by atoms with Crippen LogP contribution in [0.15, 0.2) is 11.8 Å². The fraction of sp³-hybridized carbons (Fsp3) is 0.906. The number of nitrogens with zero attached hydrogens (tertiary/aromatic N) is 1. The Morgan fingerprint density at radius 1 is 1.07 bits per heavy atom. The highest BCUT2D eigenvalue weighted by Gasteiger charge is 2.37. The molecule has 7 nitrogen and oxygen atoms in total. The number of amides is 1. The van der Waals surface area contributed by atoms with Crippen LogP contribution in [-0.2, 0) is 14.4 Å². The van der Waals surface area contributed by atoms with Crippen LogP contribution in [-0.4, -0.2) is 59.2 Å². The summed E-state index contributed by atoms with van der Waals surface area (Å²) in [5, 5.41) is 18.3. The molecule has 40 heavy (non-hydrogen) atoms. The number of hydrogen-bond donors (Lipinski definition) is 3. The van der Waals surface area contributed by atoms with E-state index in [1.54, 1.807) is 18.1 Å². The first-order valence-electron chi connectivity index (χ1n) is 16.2. The number of unbranched alkanes of at least 4 members (excludes halogenated alkanes) is 8. The molecule has 1 fully saturated rings. The average molecular weight is 594 g/mol. The van der Waals surface area contributed by atoms with E-state index in [0.29, 0.717) is 24.9 Å². The summed E-state index contributed by atoms with van der Waals surface area (Å²) in [5.74, 6) is 1.27. The van der Waals surface area contributed by atoms with Crippen LogP contribution in [0.2, 0.25) is 0 Å². The molecule has 4 atom stereocenters. The maximum absolute atomic E-state index is 11.6. The Balaban J connectivity index is -0.000000655. The Morgan fingerprint density at radius 2 is 1.65 bits per heavy atom. The summed E-state index contributed by atoms with van der Waals surface area (Å²) < 4.78 is 10.9. The van der Waals surface area contributed by atoms with Gasteiger partial charge in [-0.2, -0.15) is 17.5 Å². The van der Waals surface area contributed by atoms with Gasteiger partial charge < -0.3 is 19.5 Å². The summed E-state index contributed by atoms with van der Waals surface area (Å²) in [7, 11) is 0. The number of hydrogen-bond acceptors (Lipinski definition) is 7. The molecule has 242 valence electrons. The monoisotopic (exact) mass is 593 g/mol. The maximum atomic E-state index is 11.6. The van der Waals surface area contributed by atoms with Gasteiger partial charge in [-0.05, 0) is 75.0 Å². The van der Waals surface area contributed by atoms with Gasteiger partial charge in [0.1, 0.15) is 0 Å². The van der Waals surface area contributed by atoms with Crippen LogP contribution in [0.3, 0.4) is 0 Å². The fourth-order valence-corrected chi connectivity index (χ4v) is 5.62. The number of aliphatic hydroxyl groups excluding tert-OH is 1. The van der Waals surface area contributed by atoms with Gasteiger partial charge in [-0.1, -0.05) is 72.1 Å². The van der Waals surface area contributed by atoms with Gasteiger partial charge in [0.2, 0.25) is 5.79 Å². The predicted molar refractivity (Wildman–Crippen MR) is 173 cm³/mol.